The van der Waals surface area contributed by atoms with Gasteiger partial charge in [0, 0.05) is 32.7 Å². The van der Waals surface area contributed by atoms with E-state index in [9.17, 15) is 4.79 Å². The molecule has 7 nitrogen and oxygen atoms in total. The van der Waals surface area contributed by atoms with Gasteiger partial charge in [-0.3, -0.25) is 4.79 Å². The summed E-state index contributed by atoms with van der Waals surface area (Å²) in [5, 5.41) is 9.19. The third-order valence-electron chi connectivity index (χ3n) is 6.70. The Morgan fingerprint density at radius 3 is 2.18 bits per heavy atom. The topological polar surface area (TPSA) is 77.7 Å². The molecule has 5 rings (SSSR count). The second-order valence-electron chi connectivity index (χ2n) is 8.73. The highest BCUT2D eigenvalue weighted by Crippen LogP contribution is 2.60. The van der Waals surface area contributed by atoms with E-state index >= 15 is 0 Å². The van der Waals surface area contributed by atoms with Gasteiger partial charge in [-0.15, -0.1) is 10.2 Å². The summed E-state index contributed by atoms with van der Waals surface area (Å²) in [6.07, 6.45) is 7.77. The van der Waals surface area contributed by atoms with Crippen LogP contribution in [-0.4, -0.2) is 67.3 Å². The van der Waals surface area contributed by atoms with Crippen LogP contribution < -0.4 is 0 Å². The summed E-state index contributed by atoms with van der Waals surface area (Å²) >= 11 is 1.34. The van der Waals surface area contributed by atoms with Crippen LogP contribution in [0.5, 0.6) is 0 Å². The monoisotopic (exact) mass is 409 g/mol. The summed E-state index contributed by atoms with van der Waals surface area (Å²) in [7, 11) is 3.27. The molecule has 4 aliphatic rings. The molecular weight excluding hydrogens is 378 g/mol. The molecular formula is C20H31N3O4S. The van der Waals surface area contributed by atoms with Crippen molar-refractivity contribution < 1.29 is 18.7 Å². The molecule has 0 aliphatic heterocycles. The molecule has 4 aliphatic carbocycles. The van der Waals surface area contributed by atoms with Crippen molar-refractivity contribution >= 4 is 17.7 Å². The highest BCUT2D eigenvalue weighted by atomic mass is 32.2. The fraction of sp³-hybridized carbons (Fsp3) is 0.850. The number of hydrogen-bond acceptors (Lipinski definition) is 7. The lowest BCUT2D eigenvalue weighted by Gasteiger charge is -2.55. The molecule has 4 fully saturated rings. The lowest BCUT2D eigenvalue weighted by atomic mass is 9.49. The number of ether oxygens (including phenoxy) is 2. The molecule has 4 saturated carbocycles. The summed E-state index contributed by atoms with van der Waals surface area (Å²) in [5.74, 6) is 3.66. The third kappa shape index (κ3) is 4.24. The van der Waals surface area contributed by atoms with Gasteiger partial charge < -0.3 is 18.8 Å². The SMILES string of the molecule is COCCN(CCOC)C(=O)CSc1nnc(C23CC4CC(CC(C4)C2)C3)o1. The largest absolute Gasteiger partial charge is 0.415 e. The van der Waals surface area contributed by atoms with Gasteiger partial charge in [-0.2, -0.15) is 0 Å². The molecule has 156 valence electrons. The van der Waals surface area contributed by atoms with E-state index in [4.69, 9.17) is 13.9 Å². The van der Waals surface area contributed by atoms with E-state index in [1.807, 2.05) is 0 Å². The number of aromatic nitrogens is 2. The predicted molar refractivity (Wildman–Crippen MR) is 105 cm³/mol. The average Bonchev–Trinajstić information content (AvgIpc) is 3.15. The van der Waals surface area contributed by atoms with Crippen molar-refractivity contribution in [2.75, 3.05) is 46.3 Å². The van der Waals surface area contributed by atoms with E-state index in [1.54, 1.807) is 19.1 Å². The molecule has 0 unspecified atom stereocenters. The van der Waals surface area contributed by atoms with Crippen LogP contribution in [0.1, 0.15) is 44.4 Å². The molecule has 8 heteroatoms. The highest BCUT2D eigenvalue weighted by Gasteiger charge is 2.54. The molecule has 1 heterocycles. The van der Waals surface area contributed by atoms with E-state index in [0.29, 0.717) is 31.5 Å². The van der Waals surface area contributed by atoms with Crippen LogP contribution in [0, 0.1) is 17.8 Å². The lowest BCUT2D eigenvalue weighted by Crippen LogP contribution is -2.48. The maximum atomic E-state index is 12.6. The average molecular weight is 410 g/mol. The Morgan fingerprint density at radius 1 is 1.07 bits per heavy atom. The maximum Gasteiger partial charge on any atom is 0.277 e. The molecule has 4 bridgehead atoms. The Balaban J connectivity index is 1.35. The first-order valence-electron chi connectivity index (χ1n) is 10.3. The first-order chi connectivity index (χ1) is 13.6. The maximum absolute atomic E-state index is 12.6. The lowest BCUT2D eigenvalue weighted by molar-refractivity contribution is -0.129. The zero-order valence-corrected chi connectivity index (χ0v) is 17.7. The van der Waals surface area contributed by atoms with Crippen LogP contribution in [-0.2, 0) is 19.7 Å². The third-order valence-corrected chi connectivity index (χ3v) is 7.50. The summed E-state index contributed by atoms with van der Waals surface area (Å²) in [6, 6.07) is 0. The summed E-state index contributed by atoms with van der Waals surface area (Å²) < 4.78 is 16.3. The van der Waals surface area contributed by atoms with Gasteiger partial charge in [0.05, 0.1) is 19.0 Å². The van der Waals surface area contributed by atoms with Gasteiger partial charge in [0.1, 0.15) is 0 Å². The Morgan fingerprint density at radius 2 is 1.64 bits per heavy atom. The predicted octanol–water partition coefficient (Wildman–Crippen LogP) is 2.75. The summed E-state index contributed by atoms with van der Waals surface area (Å²) in [6.45, 7) is 2.14. The van der Waals surface area contributed by atoms with E-state index in [0.717, 1.165) is 23.6 Å². The number of thioether (sulfide) groups is 1. The normalized spacial score (nSPS) is 30.7. The Bertz CT molecular complexity index is 637. The molecule has 0 radical (unpaired) electrons. The zero-order chi connectivity index (χ0) is 19.6. The molecule has 0 spiro atoms. The van der Waals surface area contributed by atoms with Gasteiger partial charge in [-0.1, -0.05) is 11.8 Å². The number of amides is 1. The Labute approximate surface area is 170 Å². The first-order valence-corrected chi connectivity index (χ1v) is 11.3. The van der Waals surface area contributed by atoms with E-state index in [1.165, 1.54) is 50.3 Å². The number of carbonyl (C=O) groups is 1. The number of carbonyl (C=O) groups excluding carboxylic acids is 1. The van der Waals surface area contributed by atoms with Crippen molar-refractivity contribution in [2.24, 2.45) is 17.8 Å². The number of nitrogens with zero attached hydrogens (tertiary/aromatic N) is 3. The van der Waals surface area contributed by atoms with E-state index in [2.05, 4.69) is 10.2 Å². The van der Waals surface area contributed by atoms with Crippen molar-refractivity contribution in [2.45, 2.75) is 49.2 Å². The summed E-state index contributed by atoms with van der Waals surface area (Å²) in [4.78, 5) is 14.3. The smallest absolute Gasteiger partial charge is 0.277 e. The van der Waals surface area contributed by atoms with Crippen molar-refractivity contribution in [3.8, 4) is 0 Å². The standard InChI is InChI=1S/C20H31N3O4S/c1-25-5-3-23(4-6-26-2)17(24)13-28-19-22-21-18(27-19)20-10-14-7-15(11-20)9-16(8-14)12-20/h14-16H,3-13H2,1-2H3. The van der Waals surface area contributed by atoms with Crippen LogP contribution in [0.25, 0.3) is 0 Å². The van der Waals surface area contributed by atoms with Crippen LogP contribution in [0.4, 0.5) is 0 Å². The molecule has 1 aromatic rings. The number of rotatable bonds is 10. The number of methoxy groups -OCH3 is 2. The fourth-order valence-electron chi connectivity index (χ4n) is 5.83. The molecule has 0 saturated heterocycles. The van der Waals surface area contributed by atoms with E-state index in [-0.39, 0.29) is 17.1 Å². The van der Waals surface area contributed by atoms with Gasteiger partial charge in [-0.05, 0) is 56.3 Å². The van der Waals surface area contributed by atoms with Crippen molar-refractivity contribution in [3.63, 3.8) is 0 Å². The second kappa shape index (κ2) is 8.71. The number of hydrogen-bond donors (Lipinski definition) is 0. The molecule has 0 aromatic carbocycles. The highest BCUT2D eigenvalue weighted by molar-refractivity contribution is 7.99. The molecule has 28 heavy (non-hydrogen) atoms. The minimum Gasteiger partial charge on any atom is -0.415 e. The Hall–Kier alpha value is -1.12. The Kier molecular flexibility index (Phi) is 6.27. The molecule has 1 amide bonds. The van der Waals surface area contributed by atoms with Crippen molar-refractivity contribution in [3.05, 3.63) is 5.89 Å². The van der Waals surface area contributed by atoms with Crippen molar-refractivity contribution in [1.82, 2.24) is 15.1 Å². The van der Waals surface area contributed by atoms with Gasteiger partial charge in [0.2, 0.25) is 11.8 Å². The first kappa shape index (κ1) is 20.2. The zero-order valence-electron chi connectivity index (χ0n) is 16.9. The molecule has 0 N–H and O–H groups in total. The van der Waals surface area contributed by atoms with Gasteiger partial charge >= 0.3 is 0 Å². The van der Waals surface area contributed by atoms with Crippen LogP contribution in [0.3, 0.4) is 0 Å². The van der Waals surface area contributed by atoms with Crippen LogP contribution in [0.2, 0.25) is 0 Å². The quantitative estimate of drug-likeness (QED) is 0.550. The van der Waals surface area contributed by atoms with Crippen LogP contribution >= 0.6 is 11.8 Å². The molecule has 0 atom stereocenters. The minimum atomic E-state index is 0.0358. The van der Waals surface area contributed by atoms with Gasteiger partial charge in [-0.25, -0.2) is 0 Å². The summed E-state index contributed by atoms with van der Waals surface area (Å²) in [5.41, 5.74) is 0.105. The van der Waals surface area contributed by atoms with E-state index < -0.39 is 0 Å². The molecule has 1 aromatic heterocycles. The van der Waals surface area contributed by atoms with Crippen molar-refractivity contribution in [1.29, 1.82) is 0 Å². The van der Waals surface area contributed by atoms with Gasteiger partial charge in [0.15, 0.2) is 0 Å². The fourth-order valence-corrected chi connectivity index (χ4v) is 6.50. The van der Waals surface area contributed by atoms with Gasteiger partial charge in [0.25, 0.3) is 5.22 Å². The second-order valence-corrected chi connectivity index (χ2v) is 9.65. The van der Waals surface area contributed by atoms with Crippen LogP contribution in [0.15, 0.2) is 9.64 Å². The minimum absolute atomic E-state index is 0.0358.